The molecular weight excluding hydrogens is 304 g/mol. The van der Waals surface area contributed by atoms with Crippen molar-refractivity contribution in [2.75, 3.05) is 26.4 Å². The van der Waals surface area contributed by atoms with Gasteiger partial charge in [-0.05, 0) is 44.1 Å². The van der Waals surface area contributed by atoms with Crippen molar-refractivity contribution in [2.45, 2.75) is 38.5 Å². The van der Waals surface area contributed by atoms with Gasteiger partial charge in [0.2, 0.25) is 5.90 Å². The minimum Gasteiger partial charge on any atom is -0.479 e. The first-order valence-corrected chi connectivity index (χ1v) is 8.54. The van der Waals surface area contributed by atoms with Crippen molar-refractivity contribution in [1.82, 2.24) is 9.88 Å². The maximum absolute atomic E-state index is 6.86. The smallest absolute Gasteiger partial charge is 0.224 e. The quantitative estimate of drug-likeness (QED) is 0.913. The fraction of sp³-hybridized carbons (Fsp3) is 0.556. The summed E-state index contributed by atoms with van der Waals surface area (Å²) in [6.07, 6.45) is 5.72. The van der Waals surface area contributed by atoms with Crippen LogP contribution in [0, 0.1) is 0 Å². The van der Waals surface area contributed by atoms with E-state index in [1.54, 1.807) is 6.20 Å². The van der Waals surface area contributed by atoms with Crippen LogP contribution >= 0.6 is 0 Å². The molecule has 2 aliphatic heterocycles. The molecule has 24 heavy (non-hydrogen) atoms. The molecule has 6 heteroatoms. The van der Waals surface area contributed by atoms with Gasteiger partial charge in [-0.25, -0.2) is 4.99 Å². The summed E-state index contributed by atoms with van der Waals surface area (Å²) in [4.78, 5) is 11.2. The van der Waals surface area contributed by atoms with E-state index in [1.165, 1.54) is 0 Å². The molecule has 3 atom stereocenters. The van der Waals surface area contributed by atoms with Crippen molar-refractivity contribution in [1.29, 1.82) is 0 Å². The highest BCUT2D eigenvalue weighted by molar-refractivity contribution is 5.94. The van der Waals surface area contributed by atoms with Gasteiger partial charge in [-0.15, -0.1) is 0 Å². The van der Waals surface area contributed by atoms with Gasteiger partial charge in [0.15, 0.2) is 5.66 Å². The van der Waals surface area contributed by atoms with Gasteiger partial charge in [-0.1, -0.05) is 6.07 Å². The number of ether oxygens (including phenoxy) is 2. The Labute approximate surface area is 143 Å². The first kappa shape index (κ1) is 17.1. The molecule has 0 spiro atoms. The van der Waals surface area contributed by atoms with Crippen molar-refractivity contribution in [3.05, 3.63) is 36.2 Å². The van der Waals surface area contributed by atoms with Crippen molar-refractivity contribution in [3.8, 4) is 0 Å². The number of nitrogens with zero attached hydrogens (tertiary/aromatic N) is 3. The van der Waals surface area contributed by atoms with E-state index >= 15 is 0 Å². The summed E-state index contributed by atoms with van der Waals surface area (Å²) in [5, 5.41) is 0. The number of hydrogen-bond acceptors (Lipinski definition) is 6. The Morgan fingerprint density at radius 1 is 1.46 bits per heavy atom. The molecule has 0 amide bonds. The van der Waals surface area contributed by atoms with Gasteiger partial charge in [0, 0.05) is 25.0 Å². The molecule has 0 aliphatic carbocycles. The van der Waals surface area contributed by atoms with Crippen LogP contribution in [0.1, 0.15) is 26.3 Å². The van der Waals surface area contributed by atoms with E-state index in [2.05, 4.69) is 29.8 Å². The van der Waals surface area contributed by atoms with Crippen LogP contribution in [0.15, 0.2) is 35.6 Å². The number of dihydropyridines is 1. The molecule has 3 rings (SSSR count). The summed E-state index contributed by atoms with van der Waals surface area (Å²) in [5.74, 6) is 0.582. The first-order chi connectivity index (χ1) is 11.6. The molecule has 1 fully saturated rings. The molecule has 0 bridgehead atoms. The predicted molar refractivity (Wildman–Crippen MR) is 94.6 cm³/mol. The van der Waals surface area contributed by atoms with Gasteiger partial charge in [-0.2, -0.15) is 0 Å². The summed E-state index contributed by atoms with van der Waals surface area (Å²) in [6.45, 7) is 8.73. The zero-order valence-corrected chi connectivity index (χ0v) is 14.6. The van der Waals surface area contributed by atoms with E-state index in [9.17, 15) is 0 Å². The summed E-state index contributed by atoms with van der Waals surface area (Å²) < 4.78 is 11.4. The lowest BCUT2D eigenvalue weighted by Gasteiger charge is -2.46. The summed E-state index contributed by atoms with van der Waals surface area (Å²) in [5.41, 5.74) is 8.12. The molecule has 3 heterocycles. The minimum absolute atomic E-state index is 0.0243. The lowest BCUT2D eigenvalue weighted by Crippen LogP contribution is -2.67. The number of aliphatic imine (C=N–C) groups is 1. The second kappa shape index (κ2) is 7.01. The summed E-state index contributed by atoms with van der Waals surface area (Å²) in [6, 6.07) is 4.14. The lowest BCUT2D eigenvalue weighted by atomic mass is 9.91. The van der Waals surface area contributed by atoms with Gasteiger partial charge >= 0.3 is 0 Å². The second-order valence-electron chi connectivity index (χ2n) is 6.33. The largest absolute Gasteiger partial charge is 0.479 e. The van der Waals surface area contributed by atoms with E-state index in [0.717, 1.165) is 17.7 Å². The van der Waals surface area contributed by atoms with Crippen LogP contribution in [0.4, 0.5) is 0 Å². The van der Waals surface area contributed by atoms with Crippen LogP contribution in [0.2, 0.25) is 0 Å². The highest BCUT2D eigenvalue weighted by atomic mass is 16.5. The van der Waals surface area contributed by atoms with E-state index in [-0.39, 0.29) is 12.1 Å². The molecule has 6 nitrogen and oxygen atoms in total. The van der Waals surface area contributed by atoms with E-state index in [0.29, 0.717) is 25.7 Å². The highest BCUT2D eigenvalue weighted by Gasteiger charge is 2.44. The van der Waals surface area contributed by atoms with Crippen molar-refractivity contribution in [3.63, 3.8) is 0 Å². The van der Waals surface area contributed by atoms with Gasteiger partial charge in [-0.3, -0.25) is 9.88 Å². The first-order valence-electron chi connectivity index (χ1n) is 8.54. The minimum atomic E-state index is -0.864. The van der Waals surface area contributed by atoms with E-state index in [4.69, 9.17) is 20.2 Å². The van der Waals surface area contributed by atoms with Crippen molar-refractivity contribution >= 4 is 11.5 Å². The Morgan fingerprint density at radius 2 is 2.29 bits per heavy atom. The lowest BCUT2D eigenvalue weighted by molar-refractivity contribution is -0.0300. The van der Waals surface area contributed by atoms with Crippen LogP contribution in [-0.2, 0) is 9.47 Å². The average molecular weight is 330 g/mol. The molecule has 3 unspecified atom stereocenters. The Kier molecular flexibility index (Phi) is 4.99. The molecule has 130 valence electrons. The van der Waals surface area contributed by atoms with Crippen LogP contribution in [0.25, 0.3) is 5.57 Å². The van der Waals surface area contributed by atoms with Gasteiger partial charge < -0.3 is 15.2 Å². The molecule has 0 aromatic carbocycles. The fourth-order valence-corrected chi connectivity index (χ4v) is 3.40. The molecule has 2 N–H and O–H groups in total. The van der Waals surface area contributed by atoms with Gasteiger partial charge in [0.05, 0.1) is 25.9 Å². The van der Waals surface area contributed by atoms with E-state index in [1.807, 2.05) is 25.3 Å². The molecular formula is C18H26N4O2. The molecule has 0 saturated carbocycles. The zero-order chi connectivity index (χ0) is 17.2. The number of morpholine rings is 1. The van der Waals surface area contributed by atoms with Gasteiger partial charge in [0.25, 0.3) is 0 Å². The Morgan fingerprint density at radius 3 is 2.96 bits per heavy atom. The van der Waals surface area contributed by atoms with Crippen LogP contribution < -0.4 is 5.73 Å². The van der Waals surface area contributed by atoms with Crippen LogP contribution in [-0.4, -0.2) is 59.9 Å². The average Bonchev–Trinajstić information content (AvgIpc) is 2.59. The number of rotatable bonds is 3. The maximum Gasteiger partial charge on any atom is 0.224 e. The zero-order valence-electron chi connectivity index (χ0n) is 14.6. The Bertz CT molecular complexity index is 631. The summed E-state index contributed by atoms with van der Waals surface area (Å²) in [7, 11) is 0. The molecule has 1 saturated heterocycles. The van der Waals surface area contributed by atoms with Gasteiger partial charge in [0.1, 0.15) is 0 Å². The van der Waals surface area contributed by atoms with Crippen molar-refractivity contribution in [2.24, 2.45) is 10.7 Å². The SMILES string of the molecule is CCOC1=NC(C)C(c2cccnc2)=CC1(N)N1CCOCC1C. The third-order valence-electron chi connectivity index (χ3n) is 4.60. The maximum atomic E-state index is 6.86. The predicted octanol–water partition coefficient (Wildman–Crippen LogP) is 1.68. The third kappa shape index (κ3) is 3.09. The fourth-order valence-electron chi connectivity index (χ4n) is 3.40. The third-order valence-corrected chi connectivity index (χ3v) is 4.60. The highest BCUT2D eigenvalue weighted by Crippen LogP contribution is 2.32. The van der Waals surface area contributed by atoms with Crippen molar-refractivity contribution < 1.29 is 9.47 Å². The number of aromatic nitrogens is 1. The van der Waals surface area contributed by atoms with E-state index < -0.39 is 5.66 Å². The Hall–Kier alpha value is -1.76. The number of pyridine rings is 1. The Balaban J connectivity index is 2.04. The second-order valence-corrected chi connectivity index (χ2v) is 6.33. The molecule has 1 aromatic heterocycles. The standard InChI is InChI=1S/C18H26N4O2/c1-4-24-17-18(19,22-8-9-23-12-13(22)2)10-16(14(3)21-17)15-6-5-7-20-11-15/h5-7,10-11,13-14H,4,8-9,12,19H2,1-3H3. The van der Waals surface area contributed by atoms with Crippen LogP contribution in [0.5, 0.6) is 0 Å². The topological polar surface area (TPSA) is 73.0 Å². The molecule has 2 aliphatic rings. The number of hydrogen-bond donors (Lipinski definition) is 1. The number of nitrogens with two attached hydrogens (primary N) is 1. The van der Waals surface area contributed by atoms with Crippen LogP contribution in [0.3, 0.4) is 0 Å². The summed E-state index contributed by atoms with van der Waals surface area (Å²) >= 11 is 0. The normalized spacial score (nSPS) is 31.3. The monoisotopic (exact) mass is 330 g/mol. The molecule has 0 radical (unpaired) electrons. The molecule has 1 aromatic rings.